The van der Waals surface area contributed by atoms with Crippen molar-refractivity contribution in [3.63, 3.8) is 0 Å². The van der Waals surface area contributed by atoms with Gasteiger partial charge < -0.3 is 9.64 Å². The summed E-state index contributed by atoms with van der Waals surface area (Å²) in [5.74, 6) is -0.791. The maximum Gasteiger partial charge on any atom is 0.340 e. The van der Waals surface area contributed by atoms with Gasteiger partial charge >= 0.3 is 5.97 Å². The zero-order valence-corrected chi connectivity index (χ0v) is 16.2. The SMILES string of the molecule is Cc1nc2ccc(Cl)cc2cc1C(=O)OCC(=O)N1CCCc2ccccc21. The summed E-state index contributed by atoms with van der Waals surface area (Å²) in [4.78, 5) is 31.3. The first-order valence-electron chi connectivity index (χ1n) is 9.15. The van der Waals surface area contributed by atoms with E-state index in [0.29, 0.717) is 22.8 Å². The molecule has 28 heavy (non-hydrogen) atoms. The molecule has 1 aromatic heterocycles. The number of pyridine rings is 1. The Hall–Kier alpha value is -2.92. The van der Waals surface area contributed by atoms with Gasteiger partial charge in [-0.2, -0.15) is 0 Å². The van der Waals surface area contributed by atoms with Crippen LogP contribution in [0.1, 0.15) is 28.0 Å². The highest BCUT2D eigenvalue weighted by molar-refractivity contribution is 6.31. The lowest BCUT2D eigenvalue weighted by molar-refractivity contribution is -0.121. The Kier molecular flexibility index (Phi) is 5.01. The molecule has 4 rings (SSSR count). The number of halogens is 1. The summed E-state index contributed by atoms with van der Waals surface area (Å²) in [6.45, 7) is 2.07. The Morgan fingerprint density at radius 1 is 1.18 bits per heavy atom. The summed E-state index contributed by atoms with van der Waals surface area (Å²) in [6, 6.07) is 14.8. The number of benzene rings is 2. The molecule has 0 radical (unpaired) electrons. The minimum Gasteiger partial charge on any atom is -0.452 e. The molecule has 1 aliphatic rings. The Morgan fingerprint density at radius 2 is 2.00 bits per heavy atom. The Bertz CT molecular complexity index is 1080. The van der Waals surface area contributed by atoms with E-state index in [4.69, 9.17) is 16.3 Å². The molecule has 2 aromatic carbocycles. The number of carbonyl (C=O) groups excluding carboxylic acids is 2. The molecule has 5 nitrogen and oxygen atoms in total. The number of fused-ring (bicyclic) bond motifs is 2. The van der Waals surface area contributed by atoms with Gasteiger partial charge in [0.05, 0.1) is 16.8 Å². The summed E-state index contributed by atoms with van der Waals surface area (Å²) in [5.41, 5.74) is 3.67. The number of aromatic nitrogens is 1. The fourth-order valence-corrected chi connectivity index (χ4v) is 3.71. The maximum atomic E-state index is 12.7. The van der Waals surface area contributed by atoms with E-state index >= 15 is 0 Å². The van der Waals surface area contributed by atoms with Crippen LogP contribution >= 0.6 is 11.6 Å². The molecular weight excluding hydrogens is 376 g/mol. The standard InChI is InChI=1S/C22H19ClN2O3/c1-14-18(12-16-11-17(23)8-9-19(16)24-14)22(27)28-13-21(26)25-10-4-6-15-5-2-3-7-20(15)25/h2-3,5,7-9,11-12H,4,6,10,13H2,1H3. The molecule has 1 amide bonds. The first-order chi connectivity index (χ1) is 13.5. The summed E-state index contributed by atoms with van der Waals surface area (Å²) >= 11 is 6.03. The molecule has 3 aromatic rings. The van der Waals surface area contributed by atoms with Crippen molar-refractivity contribution in [2.45, 2.75) is 19.8 Å². The van der Waals surface area contributed by atoms with Gasteiger partial charge in [0.1, 0.15) is 0 Å². The van der Waals surface area contributed by atoms with E-state index in [-0.39, 0.29) is 12.5 Å². The average molecular weight is 395 g/mol. The molecule has 6 heteroatoms. The average Bonchev–Trinajstić information content (AvgIpc) is 2.71. The van der Waals surface area contributed by atoms with Crippen LogP contribution in [0.25, 0.3) is 10.9 Å². The number of para-hydroxylation sites is 1. The highest BCUT2D eigenvalue weighted by Crippen LogP contribution is 2.27. The zero-order chi connectivity index (χ0) is 19.7. The smallest absolute Gasteiger partial charge is 0.340 e. The molecular formula is C22H19ClN2O3. The van der Waals surface area contributed by atoms with Crippen molar-refractivity contribution >= 4 is 40.1 Å². The van der Waals surface area contributed by atoms with Gasteiger partial charge in [-0.25, -0.2) is 4.79 Å². The number of nitrogens with zero attached hydrogens (tertiary/aromatic N) is 2. The molecule has 0 unspecified atom stereocenters. The number of rotatable bonds is 3. The summed E-state index contributed by atoms with van der Waals surface area (Å²) in [7, 11) is 0. The number of hydrogen-bond donors (Lipinski definition) is 0. The molecule has 0 atom stereocenters. The van der Waals surface area contributed by atoms with Crippen LogP contribution in [0.4, 0.5) is 5.69 Å². The number of amides is 1. The van der Waals surface area contributed by atoms with Crippen molar-refractivity contribution in [2.75, 3.05) is 18.1 Å². The maximum absolute atomic E-state index is 12.7. The van der Waals surface area contributed by atoms with E-state index in [1.165, 1.54) is 0 Å². The Balaban J connectivity index is 1.50. The molecule has 0 aliphatic carbocycles. The third kappa shape index (κ3) is 3.58. The number of anilines is 1. The molecule has 2 heterocycles. The minimum absolute atomic E-state index is 0.227. The fourth-order valence-electron chi connectivity index (χ4n) is 3.53. The fraction of sp³-hybridized carbons (Fsp3) is 0.227. The van der Waals surface area contributed by atoms with Gasteiger partial charge in [-0.15, -0.1) is 0 Å². The summed E-state index contributed by atoms with van der Waals surface area (Å²) in [6.07, 6.45) is 1.84. The van der Waals surface area contributed by atoms with Crippen LogP contribution in [0, 0.1) is 6.92 Å². The third-order valence-electron chi connectivity index (χ3n) is 4.93. The lowest BCUT2D eigenvalue weighted by atomic mass is 10.0. The van der Waals surface area contributed by atoms with Crippen LogP contribution in [0.15, 0.2) is 48.5 Å². The van der Waals surface area contributed by atoms with E-state index in [1.54, 1.807) is 36.1 Å². The van der Waals surface area contributed by atoms with E-state index < -0.39 is 5.97 Å². The van der Waals surface area contributed by atoms with E-state index in [2.05, 4.69) is 4.98 Å². The molecule has 0 N–H and O–H groups in total. The van der Waals surface area contributed by atoms with Crippen molar-refractivity contribution in [3.05, 3.63) is 70.4 Å². The molecule has 0 saturated heterocycles. The number of ether oxygens (including phenoxy) is 1. The lowest BCUT2D eigenvalue weighted by Crippen LogP contribution is -2.38. The number of carbonyl (C=O) groups is 2. The first kappa shape index (κ1) is 18.4. The predicted octanol–water partition coefficient (Wildman–Crippen LogP) is 4.33. The molecule has 0 fully saturated rings. The molecule has 0 bridgehead atoms. The van der Waals surface area contributed by atoms with Crippen molar-refractivity contribution in [1.82, 2.24) is 4.98 Å². The molecule has 1 aliphatic heterocycles. The second kappa shape index (κ2) is 7.60. The summed E-state index contributed by atoms with van der Waals surface area (Å²) < 4.78 is 5.31. The van der Waals surface area contributed by atoms with Crippen molar-refractivity contribution in [3.8, 4) is 0 Å². The third-order valence-corrected chi connectivity index (χ3v) is 5.16. The van der Waals surface area contributed by atoms with Gasteiger partial charge in [-0.1, -0.05) is 29.8 Å². The number of aryl methyl sites for hydroxylation is 2. The number of hydrogen-bond acceptors (Lipinski definition) is 4. The molecule has 0 spiro atoms. The topological polar surface area (TPSA) is 59.5 Å². The van der Waals surface area contributed by atoms with Crippen LogP contribution < -0.4 is 4.90 Å². The largest absolute Gasteiger partial charge is 0.452 e. The van der Waals surface area contributed by atoms with Gasteiger partial charge in [0.15, 0.2) is 6.61 Å². The van der Waals surface area contributed by atoms with Gasteiger partial charge in [0.25, 0.3) is 5.91 Å². The van der Waals surface area contributed by atoms with Crippen LogP contribution in [0.5, 0.6) is 0 Å². The Labute approximate surface area is 167 Å². The van der Waals surface area contributed by atoms with E-state index in [1.807, 2.05) is 24.3 Å². The minimum atomic E-state index is -0.564. The first-order valence-corrected chi connectivity index (χ1v) is 9.53. The van der Waals surface area contributed by atoms with Crippen LogP contribution in [-0.4, -0.2) is 30.0 Å². The number of esters is 1. The van der Waals surface area contributed by atoms with Crippen LogP contribution in [-0.2, 0) is 16.0 Å². The monoisotopic (exact) mass is 394 g/mol. The summed E-state index contributed by atoms with van der Waals surface area (Å²) in [5, 5.41) is 1.32. The van der Waals surface area contributed by atoms with Gasteiger partial charge in [-0.3, -0.25) is 9.78 Å². The second-order valence-electron chi connectivity index (χ2n) is 6.81. The van der Waals surface area contributed by atoms with Crippen molar-refractivity contribution < 1.29 is 14.3 Å². The normalized spacial score (nSPS) is 13.3. The second-order valence-corrected chi connectivity index (χ2v) is 7.25. The molecule has 142 valence electrons. The molecule has 0 saturated carbocycles. The van der Waals surface area contributed by atoms with Crippen molar-refractivity contribution in [2.24, 2.45) is 0 Å². The van der Waals surface area contributed by atoms with Crippen molar-refractivity contribution in [1.29, 1.82) is 0 Å². The highest BCUT2D eigenvalue weighted by atomic mass is 35.5. The quantitative estimate of drug-likeness (QED) is 0.620. The van der Waals surface area contributed by atoms with Gasteiger partial charge in [-0.05, 0) is 55.7 Å². The van der Waals surface area contributed by atoms with E-state index in [9.17, 15) is 9.59 Å². The lowest BCUT2D eigenvalue weighted by Gasteiger charge is -2.29. The van der Waals surface area contributed by atoms with Crippen LogP contribution in [0.2, 0.25) is 5.02 Å². The zero-order valence-electron chi connectivity index (χ0n) is 15.4. The van der Waals surface area contributed by atoms with Gasteiger partial charge in [0, 0.05) is 22.6 Å². The van der Waals surface area contributed by atoms with E-state index in [0.717, 1.165) is 35.0 Å². The Morgan fingerprint density at radius 3 is 2.86 bits per heavy atom. The predicted molar refractivity (Wildman–Crippen MR) is 109 cm³/mol. The highest BCUT2D eigenvalue weighted by Gasteiger charge is 2.23. The van der Waals surface area contributed by atoms with Crippen LogP contribution in [0.3, 0.4) is 0 Å². The van der Waals surface area contributed by atoms with Gasteiger partial charge in [0.2, 0.25) is 0 Å².